The normalized spacial score (nSPS) is 12.0. The highest BCUT2D eigenvalue weighted by molar-refractivity contribution is 7.99. The molecule has 0 aliphatic rings. The van der Waals surface area contributed by atoms with Gasteiger partial charge in [-0.2, -0.15) is 0 Å². The van der Waals surface area contributed by atoms with Gasteiger partial charge in [-0.1, -0.05) is 36.0 Å². The first-order valence-corrected chi connectivity index (χ1v) is 11.6. The van der Waals surface area contributed by atoms with Crippen molar-refractivity contribution in [3.63, 3.8) is 0 Å². The monoisotopic (exact) mass is 484 g/mol. The van der Waals surface area contributed by atoms with Gasteiger partial charge in [0.1, 0.15) is 16.6 Å². The van der Waals surface area contributed by atoms with Crippen LogP contribution in [0, 0.1) is 11.6 Å². The van der Waals surface area contributed by atoms with Crippen molar-refractivity contribution in [3.8, 4) is 0 Å². The minimum atomic E-state index is -1.50. The Morgan fingerprint density at radius 2 is 1.79 bits per heavy atom. The fourth-order valence-corrected chi connectivity index (χ4v) is 5.15. The van der Waals surface area contributed by atoms with E-state index in [9.17, 15) is 14.0 Å². The van der Waals surface area contributed by atoms with Crippen molar-refractivity contribution < 1.29 is 23.1 Å². The van der Waals surface area contributed by atoms with Crippen LogP contribution >= 0.6 is 23.1 Å². The molecule has 1 heterocycles. The van der Waals surface area contributed by atoms with E-state index >= 15 is 4.39 Å². The number of benzene rings is 3. The Bertz CT molecular complexity index is 1320. The first-order valence-electron chi connectivity index (χ1n) is 9.96. The Kier molecular flexibility index (Phi) is 6.71. The van der Waals surface area contributed by atoms with Gasteiger partial charge < -0.3 is 10.5 Å². The van der Waals surface area contributed by atoms with Crippen LogP contribution in [0.5, 0.6) is 0 Å². The molecule has 0 radical (unpaired) electrons. The molecule has 3 aromatic carbocycles. The van der Waals surface area contributed by atoms with Crippen LogP contribution in [-0.4, -0.2) is 23.3 Å². The highest BCUT2D eigenvalue weighted by Crippen LogP contribution is 2.36. The third-order valence-electron chi connectivity index (χ3n) is 4.77. The first-order chi connectivity index (χ1) is 15.9. The first kappa shape index (κ1) is 22.9. The number of rotatable bonds is 7. The lowest BCUT2D eigenvalue weighted by Crippen LogP contribution is -2.25. The maximum atomic E-state index is 15.0. The number of nitrogens with two attached hydrogens (primary N) is 1. The van der Waals surface area contributed by atoms with Gasteiger partial charge in [-0.3, -0.25) is 9.59 Å². The molecular formula is C24H18F2N2O3S2. The molecule has 0 aliphatic carbocycles. The van der Waals surface area contributed by atoms with Crippen molar-refractivity contribution in [1.82, 2.24) is 4.98 Å². The number of thiazole rings is 1. The Morgan fingerprint density at radius 1 is 1.06 bits per heavy atom. The zero-order chi connectivity index (χ0) is 23.5. The van der Waals surface area contributed by atoms with Crippen molar-refractivity contribution >= 4 is 50.8 Å². The van der Waals surface area contributed by atoms with E-state index in [2.05, 4.69) is 4.98 Å². The van der Waals surface area contributed by atoms with Crippen LogP contribution in [0.15, 0.2) is 70.5 Å². The number of nitrogen functional groups attached to an aromatic ring is 1. The van der Waals surface area contributed by atoms with E-state index in [0.717, 1.165) is 39.9 Å². The summed E-state index contributed by atoms with van der Waals surface area (Å²) < 4.78 is 35.7. The molecule has 9 heteroatoms. The number of carbonyl (C=O) groups excluding carboxylic acids is 2. The van der Waals surface area contributed by atoms with Crippen LogP contribution in [0.3, 0.4) is 0 Å². The van der Waals surface area contributed by atoms with E-state index in [0.29, 0.717) is 16.1 Å². The minimum absolute atomic E-state index is 0.0262. The Hall–Kier alpha value is -3.30. The Balaban J connectivity index is 1.72. The molecule has 0 saturated carbocycles. The summed E-state index contributed by atoms with van der Waals surface area (Å²) in [6.45, 7) is 1.62. The summed E-state index contributed by atoms with van der Waals surface area (Å²) >= 11 is 2.08. The second-order valence-electron chi connectivity index (χ2n) is 6.97. The summed E-state index contributed by atoms with van der Waals surface area (Å²) in [6, 6.07) is 15.6. The number of fused-ring (bicyclic) bond motifs is 1. The Labute approximate surface area is 196 Å². The van der Waals surface area contributed by atoms with Crippen molar-refractivity contribution in [2.24, 2.45) is 0 Å². The summed E-state index contributed by atoms with van der Waals surface area (Å²) in [5.74, 6) is -5.04. The highest BCUT2D eigenvalue weighted by Gasteiger charge is 2.35. The van der Waals surface area contributed by atoms with E-state index in [1.165, 1.54) is 0 Å². The third-order valence-corrected chi connectivity index (χ3v) is 6.99. The number of halogens is 2. The lowest BCUT2D eigenvalue weighted by Gasteiger charge is -2.14. The molecule has 4 rings (SSSR count). The van der Waals surface area contributed by atoms with E-state index in [1.54, 1.807) is 55.5 Å². The molecule has 2 N–H and O–H groups in total. The van der Waals surface area contributed by atoms with E-state index < -0.39 is 34.9 Å². The summed E-state index contributed by atoms with van der Waals surface area (Å²) in [4.78, 5) is 30.8. The van der Waals surface area contributed by atoms with Crippen molar-refractivity contribution in [2.45, 2.75) is 22.6 Å². The van der Waals surface area contributed by atoms with Crippen molar-refractivity contribution in [2.75, 3.05) is 12.3 Å². The van der Waals surface area contributed by atoms with E-state index in [-0.39, 0.29) is 16.5 Å². The van der Waals surface area contributed by atoms with Crippen LogP contribution in [0.1, 0.15) is 28.2 Å². The van der Waals surface area contributed by atoms with Gasteiger partial charge >= 0.3 is 5.97 Å². The van der Waals surface area contributed by atoms with Crippen LogP contribution < -0.4 is 5.73 Å². The van der Waals surface area contributed by atoms with Gasteiger partial charge in [0.05, 0.1) is 27.3 Å². The van der Waals surface area contributed by atoms with Crippen molar-refractivity contribution in [3.05, 3.63) is 82.9 Å². The predicted molar refractivity (Wildman–Crippen MR) is 125 cm³/mol. The predicted octanol–water partition coefficient (Wildman–Crippen LogP) is 5.84. The quantitative estimate of drug-likeness (QED) is 0.154. The molecule has 5 nitrogen and oxygen atoms in total. The molecule has 4 aromatic rings. The number of hydrogen-bond donors (Lipinski definition) is 1. The summed E-state index contributed by atoms with van der Waals surface area (Å²) in [6.07, 6.45) is 0. The number of ketones is 1. The lowest BCUT2D eigenvalue weighted by atomic mass is 9.97. The fourth-order valence-electron chi connectivity index (χ4n) is 3.20. The van der Waals surface area contributed by atoms with E-state index in [4.69, 9.17) is 10.5 Å². The van der Waals surface area contributed by atoms with Crippen LogP contribution in [0.2, 0.25) is 0 Å². The molecule has 0 bridgehead atoms. The van der Waals surface area contributed by atoms with Gasteiger partial charge in [-0.25, -0.2) is 13.8 Å². The van der Waals surface area contributed by atoms with Gasteiger partial charge in [0.25, 0.3) is 0 Å². The second kappa shape index (κ2) is 9.68. The fraction of sp³-hybridized carbons (Fsp3) is 0.125. The summed E-state index contributed by atoms with van der Waals surface area (Å²) in [5, 5.41) is 0.162. The topological polar surface area (TPSA) is 82.3 Å². The molecule has 1 aromatic heterocycles. The molecule has 0 spiro atoms. The highest BCUT2D eigenvalue weighted by atomic mass is 32.2. The maximum Gasteiger partial charge on any atom is 0.323 e. The van der Waals surface area contributed by atoms with Gasteiger partial charge in [0.15, 0.2) is 11.7 Å². The number of aromatic nitrogens is 1. The average molecular weight is 485 g/mol. The number of para-hydroxylation sites is 2. The number of Topliss-reactive ketones (excluding diaryl/α,β-unsaturated/α-hetero) is 1. The molecule has 0 aliphatic heterocycles. The minimum Gasteiger partial charge on any atom is -0.465 e. The largest absolute Gasteiger partial charge is 0.465 e. The number of nitrogens with zero attached hydrogens (tertiary/aromatic N) is 1. The van der Waals surface area contributed by atoms with Gasteiger partial charge in [-0.05, 0) is 43.3 Å². The molecule has 0 amide bonds. The SMILES string of the molecule is CCOC(=O)C(C(=O)c1cc(F)c(Sc2ccccc2N)cc1F)c1nc2ccccc2s1. The second-order valence-corrected chi connectivity index (χ2v) is 9.12. The standard InChI is InChI=1S/C24H18F2N2O3S2/c1-2-31-24(30)21(23-28-17-8-4-6-10-19(17)33-23)22(29)13-11-15(26)20(12-14(13)25)32-18-9-5-3-7-16(18)27/h3-12,21H,2,27H2,1H3. The maximum absolute atomic E-state index is 15.0. The summed E-state index contributed by atoms with van der Waals surface area (Å²) in [7, 11) is 0. The van der Waals surface area contributed by atoms with Gasteiger partial charge in [0.2, 0.25) is 0 Å². The van der Waals surface area contributed by atoms with E-state index in [1.807, 2.05) is 0 Å². The number of ether oxygens (including phenoxy) is 1. The molecule has 1 unspecified atom stereocenters. The molecule has 168 valence electrons. The molecular weight excluding hydrogens is 466 g/mol. The molecule has 0 fully saturated rings. The molecule has 33 heavy (non-hydrogen) atoms. The van der Waals surface area contributed by atoms with Crippen LogP contribution in [0.25, 0.3) is 10.2 Å². The lowest BCUT2D eigenvalue weighted by molar-refractivity contribution is -0.143. The third kappa shape index (κ3) is 4.74. The van der Waals surface area contributed by atoms with Crippen LogP contribution in [0.4, 0.5) is 14.5 Å². The molecule has 1 atom stereocenters. The van der Waals surface area contributed by atoms with Gasteiger partial charge in [-0.15, -0.1) is 11.3 Å². The summed E-state index contributed by atoms with van der Waals surface area (Å²) in [5.41, 5.74) is 6.35. The smallest absolute Gasteiger partial charge is 0.323 e. The van der Waals surface area contributed by atoms with Crippen LogP contribution in [-0.2, 0) is 9.53 Å². The zero-order valence-corrected chi connectivity index (χ0v) is 19.0. The zero-order valence-electron chi connectivity index (χ0n) is 17.4. The number of esters is 1. The Morgan fingerprint density at radius 3 is 2.52 bits per heavy atom. The van der Waals surface area contributed by atoms with Crippen molar-refractivity contribution in [1.29, 1.82) is 0 Å². The number of hydrogen-bond acceptors (Lipinski definition) is 7. The number of carbonyl (C=O) groups is 2. The molecule has 0 saturated heterocycles. The average Bonchev–Trinajstić information content (AvgIpc) is 3.21. The van der Waals surface area contributed by atoms with Gasteiger partial charge in [0, 0.05) is 10.6 Å². The number of anilines is 1.